The third-order valence-electron chi connectivity index (χ3n) is 5.20. The summed E-state index contributed by atoms with van der Waals surface area (Å²) in [7, 11) is 0. The van der Waals surface area contributed by atoms with Crippen LogP contribution in [-0.2, 0) is 0 Å². The van der Waals surface area contributed by atoms with Crippen molar-refractivity contribution in [3.8, 4) is 0 Å². The minimum atomic E-state index is 0.0469. The third kappa shape index (κ3) is 1.60. The van der Waals surface area contributed by atoms with Crippen molar-refractivity contribution in [1.82, 2.24) is 5.32 Å². The highest BCUT2D eigenvalue weighted by molar-refractivity contribution is 5.94. The average molecular weight is 245 g/mol. The molecule has 4 bridgehead atoms. The molecule has 0 radical (unpaired) electrons. The van der Waals surface area contributed by atoms with Crippen LogP contribution in [0.1, 0.15) is 48.9 Å². The standard InChI is InChI=1S/C15H19NO2/c17-14(13-1-2-18-9-13)16-15-6-10-3-11(7-15)5-12(4-10)8-15/h1-2,9-12H,3-8H2,(H,16,17). The Morgan fingerprint density at radius 3 is 2.28 bits per heavy atom. The zero-order valence-corrected chi connectivity index (χ0v) is 10.5. The first-order valence-corrected chi connectivity index (χ1v) is 7.07. The smallest absolute Gasteiger partial charge is 0.254 e. The zero-order chi connectivity index (χ0) is 12.2. The van der Waals surface area contributed by atoms with Crippen molar-refractivity contribution in [2.75, 3.05) is 0 Å². The maximum absolute atomic E-state index is 12.2. The normalized spacial score (nSPS) is 41.0. The lowest BCUT2D eigenvalue weighted by molar-refractivity contribution is -0.0167. The maximum atomic E-state index is 12.2. The first-order chi connectivity index (χ1) is 8.72. The zero-order valence-electron chi connectivity index (χ0n) is 10.5. The van der Waals surface area contributed by atoms with E-state index in [1.807, 2.05) is 0 Å². The second-order valence-electron chi connectivity index (χ2n) is 6.66. The molecule has 4 fully saturated rings. The minimum absolute atomic E-state index is 0.0469. The van der Waals surface area contributed by atoms with Crippen LogP contribution in [0.2, 0.25) is 0 Å². The molecule has 96 valence electrons. The first-order valence-electron chi connectivity index (χ1n) is 7.07. The van der Waals surface area contributed by atoms with Gasteiger partial charge in [-0.05, 0) is 62.3 Å². The lowest BCUT2D eigenvalue weighted by Gasteiger charge is -2.56. The summed E-state index contributed by atoms with van der Waals surface area (Å²) >= 11 is 0. The highest BCUT2D eigenvalue weighted by Crippen LogP contribution is 2.55. The highest BCUT2D eigenvalue weighted by Gasteiger charge is 2.51. The maximum Gasteiger partial charge on any atom is 0.254 e. The van der Waals surface area contributed by atoms with E-state index in [-0.39, 0.29) is 11.4 Å². The van der Waals surface area contributed by atoms with E-state index in [9.17, 15) is 4.79 Å². The Hall–Kier alpha value is -1.25. The van der Waals surface area contributed by atoms with Crippen LogP contribution in [0, 0.1) is 17.8 Å². The molecule has 3 heteroatoms. The number of nitrogens with one attached hydrogen (secondary N) is 1. The average Bonchev–Trinajstić information content (AvgIpc) is 2.79. The van der Waals surface area contributed by atoms with Gasteiger partial charge >= 0.3 is 0 Å². The van der Waals surface area contributed by atoms with Gasteiger partial charge in [-0.1, -0.05) is 0 Å². The number of hydrogen-bond donors (Lipinski definition) is 1. The molecule has 4 aliphatic rings. The number of rotatable bonds is 2. The quantitative estimate of drug-likeness (QED) is 0.870. The Morgan fingerprint density at radius 1 is 1.17 bits per heavy atom. The Labute approximate surface area is 107 Å². The van der Waals surface area contributed by atoms with E-state index < -0.39 is 0 Å². The fraction of sp³-hybridized carbons (Fsp3) is 0.667. The molecule has 18 heavy (non-hydrogen) atoms. The first kappa shape index (κ1) is 10.7. The van der Waals surface area contributed by atoms with Crippen molar-refractivity contribution >= 4 is 5.91 Å². The second-order valence-corrected chi connectivity index (χ2v) is 6.66. The van der Waals surface area contributed by atoms with Crippen LogP contribution >= 0.6 is 0 Å². The minimum Gasteiger partial charge on any atom is -0.472 e. The topological polar surface area (TPSA) is 42.2 Å². The number of carbonyl (C=O) groups is 1. The molecular formula is C15H19NO2. The summed E-state index contributed by atoms with van der Waals surface area (Å²) in [6.07, 6.45) is 10.9. The molecule has 0 aromatic carbocycles. The van der Waals surface area contributed by atoms with Crippen molar-refractivity contribution in [3.05, 3.63) is 24.2 Å². The van der Waals surface area contributed by atoms with Crippen LogP contribution < -0.4 is 5.32 Å². The Morgan fingerprint density at radius 2 is 1.78 bits per heavy atom. The molecule has 1 amide bonds. The summed E-state index contributed by atoms with van der Waals surface area (Å²) in [5.41, 5.74) is 0.758. The van der Waals surface area contributed by atoms with E-state index in [1.165, 1.54) is 44.8 Å². The van der Waals surface area contributed by atoms with Gasteiger partial charge in [0, 0.05) is 5.54 Å². The van der Waals surface area contributed by atoms with Gasteiger partial charge in [0.2, 0.25) is 0 Å². The van der Waals surface area contributed by atoms with Gasteiger partial charge in [-0.2, -0.15) is 0 Å². The van der Waals surface area contributed by atoms with Gasteiger partial charge in [-0.3, -0.25) is 4.79 Å². The molecule has 0 aliphatic heterocycles. The summed E-state index contributed by atoms with van der Waals surface area (Å²) in [6, 6.07) is 1.75. The molecule has 1 aromatic heterocycles. The van der Waals surface area contributed by atoms with Crippen LogP contribution in [0.15, 0.2) is 23.0 Å². The van der Waals surface area contributed by atoms with E-state index in [1.54, 1.807) is 12.3 Å². The van der Waals surface area contributed by atoms with Gasteiger partial charge in [0.05, 0.1) is 11.8 Å². The predicted octanol–water partition coefficient (Wildman–Crippen LogP) is 2.98. The number of carbonyl (C=O) groups excluding carboxylic acids is 1. The predicted molar refractivity (Wildman–Crippen MR) is 67.1 cm³/mol. The molecule has 0 saturated heterocycles. The largest absolute Gasteiger partial charge is 0.472 e. The van der Waals surface area contributed by atoms with E-state index in [0.29, 0.717) is 5.56 Å². The lowest BCUT2D eigenvalue weighted by atomic mass is 9.53. The summed E-state index contributed by atoms with van der Waals surface area (Å²) in [6.45, 7) is 0. The Bertz CT molecular complexity index is 428. The highest BCUT2D eigenvalue weighted by atomic mass is 16.3. The van der Waals surface area contributed by atoms with E-state index >= 15 is 0 Å². The summed E-state index contributed by atoms with van der Waals surface area (Å²) < 4.78 is 5.00. The summed E-state index contributed by atoms with van der Waals surface area (Å²) in [5, 5.41) is 3.33. The monoisotopic (exact) mass is 245 g/mol. The van der Waals surface area contributed by atoms with Gasteiger partial charge in [0.15, 0.2) is 0 Å². The van der Waals surface area contributed by atoms with Crippen molar-refractivity contribution < 1.29 is 9.21 Å². The van der Waals surface area contributed by atoms with E-state index in [4.69, 9.17) is 4.42 Å². The van der Waals surface area contributed by atoms with E-state index in [0.717, 1.165) is 17.8 Å². The van der Waals surface area contributed by atoms with Crippen LogP contribution in [0.5, 0.6) is 0 Å². The van der Waals surface area contributed by atoms with Gasteiger partial charge < -0.3 is 9.73 Å². The summed E-state index contributed by atoms with van der Waals surface area (Å²) in [4.78, 5) is 12.2. The lowest BCUT2D eigenvalue weighted by Crippen LogP contribution is -2.59. The van der Waals surface area contributed by atoms with Crippen LogP contribution in [-0.4, -0.2) is 11.4 Å². The van der Waals surface area contributed by atoms with Crippen molar-refractivity contribution in [2.45, 2.75) is 44.1 Å². The molecule has 1 aromatic rings. The molecule has 3 nitrogen and oxygen atoms in total. The Kier molecular flexibility index (Phi) is 2.14. The molecule has 0 spiro atoms. The molecule has 0 unspecified atom stereocenters. The fourth-order valence-corrected chi connectivity index (χ4v) is 4.97. The molecule has 0 atom stereocenters. The van der Waals surface area contributed by atoms with Gasteiger partial charge in [0.25, 0.3) is 5.91 Å². The molecular weight excluding hydrogens is 226 g/mol. The third-order valence-corrected chi connectivity index (χ3v) is 5.20. The second kappa shape index (κ2) is 3.62. The number of hydrogen-bond acceptors (Lipinski definition) is 2. The molecule has 4 aliphatic carbocycles. The molecule has 1 heterocycles. The van der Waals surface area contributed by atoms with Crippen molar-refractivity contribution in [2.24, 2.45) is 17.8 Å². The molecule has 1 N–H and O–H groups in total. The van der Waals surface area contributed by atoms with Crippen LogP contribution in [0.25, 0.3) is 0 Å². The van der Waals surface area contributed by atoms with Gasteiger partial charge in [0.1, 0.15) is 6.26 Å². The molecule has 5 rings (SSSR count). The number of furan rings is 1. The van der Waals surface area contributed by atoms with Gasteiger partial charge in [-0.15, -0.1) is 0 Å². The van der Waals surface area contributed by atoms with Crippen molar-refractivity contribution in [3.63, 3.8) is 0 Å². The molecule has 4 saturated carbocycles. The van der Waals surface area contributed by atoms with Crippen LogP contribution in [0.3, 0.4) is 0 Å². The Balaban J connectivity index is 1.56. The fourth-order valence-electron chi connectivity index (χ4n) is 4.97. The van der Waals surface area contributed by atoms with Crippen molar-refractivity contribution in [1.29, 1.82) is 0 Å². The SMILES string of the molecule is O=C(NC12CC3CC(CC(C3)C1)C2)c1ccoc1. The van der Waals surface area contributed by atoms with Gasteiger partial charge in [-0.25, -0.2) is 0 Å². The number of amides is 1. The van der Waals surface area contributed by atoms with E-state index in [2.05, 4.69) is 5.32 Å². The van der Waals surface area contributed by atoms with Crippen LogP contribution in [0.4, 0.5) is 0 Å². The summed E-state index contributed by atoms with van der Waals surface area (Å²) in [5.74, 6) is 2.63.